The SMILES string of the molecule is CCCCC(CC)Cc1sc(CC(CC)CCCC)c2ccccc12.NSc1ncco1. The molecule has 32 heavy (non-hydrogen) atoms. The molecule has 0 amide bonds. The number of nitrogens with two attached hydrogens (primary N) is 1. The molecule has 0 aliphatic carbocycles. The first-order valence-electron chi connectivity index (χ1n) is 12.4. The summed E-state index contributed by atoms with van der Waals surface area (Å²) in [4.78, 5) is 7.01. The molecule has 0 saturated heterocycles. The number of nitrogens with zero attached hydrogens (tertiary/aromatic N) is 1. The molecule has 0 aliphatic heterocycles. The maximum Gasteiger partial charge on any atom is 0.270 e. The van der Waals surface area contributed by atoms with Gasteiger partial charge in [0.15, 0.2) is 0 Å². The number of unbranched alkanes of at least 4 members (excludes halogenated alkanes) is 2. The second-order valence-corrected chi connectivity index (χ2v) is 10.4. The zero-order valence-electron chi connectivity index (χ0n) is 20.4. The van der Waals surface area contributed by atoms with Crippen LogP contribution in [0.15, 0.2) is 46.4 Å². The van der Waals surface area contributed by atoms with Crippen LogP contribution < -0.4 is 5.14 Å². The summed E-state index contributed by atoms with van der Waals surface area (Å²) in [6.07, 6.45) is 16.4. The van der Waals surface area contributed by atoms with Gasteiger partial charge in [0.25, 0.3) is 5.22 Å². The summed E-state index contributed by atoms with van der Waals surface area (Å²) in [6, 6.07) is 9.18. The Morgan fingerprint density at radius 3 is 1.78 bits per heavy atom. The molecule has 2 heterocycles. The zero-order valence-corrected chi connectivity index (χ0v) is 22.1. The molecule has 3 rings (SSSR count). The highest BCUT2D eigenvalue weighted by molar-refractivity contribution is 7.96. The first kappa shape index (κ1) is 26.9. The lowest BCUT2D eigenvalue weighted by Gasteiger charge is -2.14. The molecule has 0 radical (unpaired) electrons. The summed E-state index contributed by atoms with van der Waals surface area (Å²) in [5, 5.41) is 8.64. The number of benzene rings is 1. The summed E-state index contributed by atoms with van der Waals surface area (Å²) in [5.41, 5.74) is 0. The van der Waals surface area contributed by atoms with Gasteiger partial charge in [0.05, 0.1) is 6.20 Å². The summed E-state index contributed by atoms with van der Waals surface area (Å²) in [5.74, 6) is 1.72. The number of hydrogen-bond acceptors (Lipinski definition) is 5. The fraction of sp³-hybridized carbons (Fsp3) is 0.593. The predicted molar refractivity (Wildman–Crippen MR) is 142 cm³/mol. The monoisotopic (exact) mass is 474 g/mol. The van der Waals surface area contributed by atoms with Crippen LogP contribution in [0.5, 0.6) is 0 Å². The van der Waals surface area contributed by atoms with Crippen LogP contribution >= 0.6 is 23.3 Å². The lowest BCUT2D eigenvalue weighted by Crippen LogP contribution is -2.02. The van der Waals surface area contributed by atoms with Crippen LogP contribution in [0.3, 0.4) is 0 Å². The van der Waals surface area contributed by atoms with Crippen molar-refractivity contribution < 1.29 is 4.42 Å². The Labute approximate surface area is 203 Å². The Bertz CT molecular complexity index is 808. The number of thiophene rings is 1. The number of rotatable bonds is 13. The first-order chi connectivity index (χ1) is 15.7. The van der Waals surface area contributed by atoms with Gasteiger partial charge in [0, 0.05) is 21.7 Å². The van der Waals surface area contributed by atoms with Crippen LogP contribution in [-0.4, -0.2) is 4.98 Å². The number of oxazole rings is 1. The molecule has 0 aliphatic rings. The molecule has 2 aromatic heterocycles. The minimum atomic E-state index is 0.500. The Morgan fingerprint density at radius 1 is 0.906 bits per heavy atom. The quantitative estimate of drug-likeness (QED) is 0.251. The molecular weight excluding hydrogens is 432 g/mol. The van der Waals surface area contributed by atoms with Crippen molar-refractivity contribution >= 4 is 34.1 Å². The van der Waals surface area contributed by atoms with Crippen LogP contribution in [0.2, 0.25) is 0 Å². The molecule has 3 nitrogen and oxygen atoms in total. The number of fused-ring (bicyclic) bond motifs is 1. The van der Waals surface area contributed by atoms with Crippen molar-refractivity contribution in [1.29, 1.82) is 0 Å². The fourth-order valence-electron chi connectivity index (χ4n) is 4.21. The summed E-state index contributed by atoms with van der Waals surface area (Å²) in [7, 11) is 0. The van der Waals surface area contributed by atoms with Crippen molar-refractivity contribution in [2.45, 2.75) is 97.1 Å². The second-order valence-electron chi connectivity index (χ2n) is 8.65. The van der Waals surface area contributed by atoms with Crippen molar-refractivity contribution in [1.82, 2.24) is 4.98 Å². The van der Waals surface area contributed by atoms with Gasteiger partial charge in [-0.05, 0) is 35.4 Å². The van der Waals surface area contributed by atoms with E-state index < -0.39 is 0 Å². The fourth-order valence-corrected chi connectivity index (χ4v) is 5.96. The van der Waals surface area contributed by atoms with Gasteiger partial charge in [-0.25, -0.2) is 4.98 Å². The van der Waals surface area contributed by atoms with Gasteiger partial charge < -0.3 is 4.42 Å². The minimum Gasteiger partial charge on any atom is -0.439 e. The average molecular weight is 475 g/mol. The Hall–Kier alpha value is -1.30. The molecule has 178 valence electrons. The molecule has 0 fully saturated rings. The van der Waals surface area contributed by atoms with Gasteiger partial charge in [-0.15, -0.1) is 11.3 Å². The van der Waals surface area contributed by atoms with E-state index in [1.54, 1.807) is 26.7 Å². The van der Waals surface area contributed by atoms with Crippen molar-refractivity contribution in [2.75, 3.05) is 0 Å². The van der Waals surface area contributed by atoms with E-state index in [1.165, 1.54) is 70.5 Å². The van der Waals surface area contributed by atoms with Crippen LogP contribution in [0.4, 0.5) is 0 Å². The third-order valence-electron chi connectivity index (χ3n) is 6.32. The highest BCUT2D eigenvalue weighted by Crippen LogP contribution is 2.36. The van der Waals surface area contributed by atoms with Crippen LogP contribution in [0.1, 0.15) is 88.8 Å². The average Bonchev–Trinajstić information content (AvgIpc) is 3.48. The van der Waals surface area contributed by atoms with Crippen molar-refractivity contribution in [2.24, 2.45) is 17.0 Å². The Balaban J connectivity index is 0.000000439. The number of hydrogen-bond donors (Lipinski definition) is 1. The number of aromatic nitrogens is 1. The van der Waals surface area contributed by atoms with Crippen molar-refractivity contribution in [3.63, 3.8) is 0 Å². The zero-order chi connectivity index (χ0) is 23.2. The second kappa shape index (κ2) is 15.5. The van der Waals surface area contributed by atoms with E-state index >= 15 is 0 Å². The molecule has 3 aromatic rings. The summed E-state index contributed by atoms with van der Waals surface area (Å²) in [6.45, 7) is 9.36. The van der Waals surface area contributed by atoms with Gasteiger partial charge in [-0.2, -0.15) is 0 Å². The third kappa shape index (κ3) is 8.57. The molecule has 0 bridgehead atoms. The summed E-state index contributed by atoms with van der Waals surface area (Å²) >= 11 is 3.12. The topological polar surface area (TPSA) is 52.0 Å². The van der Waals surface area contributed by atoms with Crippen LogP contribution in [0, 0.1) is 11.8 Å². The van der Waals surface area contributed by atoms with E-state index in [0.717, 1.165) is 23.8 Å². The Kier molecular flexibility index (Phi) is 13.1. The molecule has 5 heteroatoms. The molecule has 1 aromatic carbocycles. The largest absolute Gasteiger partial charge is 0.439 e. The first-order valence-corrected chi connectivity index (χ1v) is 14.1. The van der Waals surface area contributed by atoms with Gasteiger partial charge in [-0.3, -0.25) is 5.14 Å². The molecule has 0 spiro atoms. The van der Waals surface area contributed by atoms with Crippen molar-refractivity contribution in [3.05, 3.63) is 46.5 Å². The van der Waals surface area contributed by atoms with Gasteiger partial charge in [0.1, 0.15) is 6.26 Å². The molecule has 0 saturated carbocycles. The molecular formula is C27H42N2OS2. The van der Waals surface area contributed by atoms with E-state index in [0.29, 0.717) is 5.22 Å². The minimum absolute atomic E-state index is 0.500. The smallest absolute Gasteiger partial charge is 0.270 e. The maximum absolute atomic E-state index is 5.05. The predicted octanol–water partition coefficient (Wildman–Crippen LogP) is 9.06. The van der Waals surface area contributed by atoms with E-state index in [2.05, 4.69) is 68.3 Å². The highest BCUT2D eigenvalue weighted by atomic mass is 32.2. The van der Waals surface area contributed by atoms with Gasteiger partial charge in [0.2, 0.25) is 0 Å². The van der Waals surface area contributed by atoms with E-state index in [9.17, 15) is 0 Å². The standard InChI is InChI=1S/C24H38S.C3H4N2OS/c1-5-9-13-19(7-3)17-23-21-15-11-12-16-22(21)24(25-23)18-20(8-4)14-10-6-2;4-7-3-5-1-2-6-3/h11-12,15-16,19-20H,5-10,13-14,17-18H2,1-4H3;1-2H,4H2. The molecule has 2 atom stereocenters. The highest BCUT2D eigenvalue weighted by Gasteiger charge is 2.17. The van der Waals surface area contributed by atoms with E-state index in [1.807, 2.05) is 0 Å². The summed E-state index contributed by atoms with van der Waals surface area (Å²) < 4.78 is 4.71. The molecule has 2 N–H and O–H groups in total. The lowest BCUT2D eigenvalue weighted by molar-refractivity contribution is 0.452. The van der Waals surface area contributed by atoms with Crippen LogP contribution in [-0.2, 0) is 12.8 Å². The van der Waals surface area contributed by atoms with Crippen molar-refractivity contribution in [3.8, 4) is 0 Å². The Morgan fingerprint density at radius 2 is 1.44 bits per heavy atom. The maximum atomic E-state index is 5.05. The van der Waals surface area contributed by atoms with Crippen LogP contribution in [0.25, 0.3) is 10.8 Å². The van der Waals surface area contributed by atoms with E-state index in [-0.39, 0.29) is 0 Å². The van der Waals surface area contributed by atoms with Gasteiger partial charge >= 0.3 is 0 Å². The van der Waals surface area contributed by atoms with E-state index in [4.69, 9.17) is 9.56 Å². The van der Waals surface area contributed by atoms with Gasteiger partial charge in [-0.1, -0.05) is 103 Å². The molecule has 2 unspecified atom stereocenters. The lowest BCUT2D eigenvalue weighted by atomic mass is 9.92. The third-order valence-corrected chi connectivity index (χ3v) is 7.99. The normalized spacial score (nSPS) is 13.0.